The van der Waals surface area contributed by atoms with Crippen LogP contribution in [0.1, 0.15) is 36.1 Å². The molecule has 1 amide bonds. The van der Waals surface area contributed by atoms with Gasteiger partial charge in [-0.3, -0.25) is 9.69 Å². The normalized spacial score (nSPS) is 17.5. The molecule has 2 aromatic heterocycles. The Morgan fingerprint density at radius 2 is 2.00 bits per heavy atom. The van der Waals surface area contributed by atoms with Crippen LogP contribution in [0.3, 0.4) is 0 Å². The summed E-state index contributed by atoms with van der Waals surface area (Å²) in [6, 6.07) is 12.3. The van der Waals surface area contributed by atoms with Crippen molar-refractivity contribution in [3.05, 3.63) is 90.3 Å². The van der Waals surface area contributed by atoms with Gasteiger partial charge in [-0.25, -0.2) is 9.66 Å². The van der Waals surface area contributed by atoms with Gasteiger partial charge in [0.15, 0.2) is 0 Å². The molecule has 0 unspecified atom stereocenters. The lowest BCUT2D eigenvalue weighted by Gasteiger charge is -2.35. The second-order valence-electron chi connectivity index (χ2n) is 10.1. The second kappa shape index (κ2) is 11.6. The van der Waals surface area contributed by atoms with Gasteiger partial charge in [0.05, 0.1) is 5.52 Å². The first-order valence-electron chi connectivity index (χ1n) is 13.4. The Labute approximate surface area is 224 Å². The molecule has 5 rings (SSSR count). The van der Waals surface area contributed by atoms with E-state index < -0.39 is 0 Å². The van der Waals surface area contributed by atoms with Crippen LogP contribution in [0.5, 0.6) is 0 Å². The highest BCUT2D eigenvalue weighted by atomic mass is 16.2. The molecule has 3 aromatic rings. The summed E-state index contributed by atoms with van der Waals surface area (Å²) in [5, 5.41) is 5.88. The van der Waals surface area contributed by atoms with Crippen LogP contribution in [-0.4, -0.2) is 57.8 Å². The van der Waals surface area contributed by atoms with Gasteiger partial charge in [0.2, 0.25) is 5.91 Å². The largest absolute Gasteiger partial charge is 0.384 e. The first kappa shape index (κ1) is 25.7. The van der Waals surface area contributed by atoms with Crippen molar-refractivity contribution in [3.63, 3.8) is 0 Å². The molecule has 1 aromatic carbocycles. The highest BCUT2D eigenvalue weighted by Gasteiger charge is 2.30. The number of allylic oxidation sites excluding steroid dienone is 3. The molecule has 0 spiro atoms. The third-order valence-corrected chi connectivity index (χ3v) is 7.63. The van der Waals surface area contributed by atoms with E-state index in [1.165, 1.54) is 22.1 Å². The lowest BCUT2D eigenvalue weighted by Crippen LogP contribution is -2.43. The van der Waals surface area contributed by atoms with E-state index in [4.69, 9.17) is 5.73 Å². The number of nitrogens with two attached hydrogens (primary N) is 1. The molecule has 0 atom stereocenters. The topological polar surface area (TPSA) is 79.8 Å². The van der Waals surface area contributed by atoms with E-state index in [-0.39, 0.29) is 5.92 Å². The highest BCUT2D eigenvalue weighted by Crippen LogP contribution is 2.35. The van der Waals surface area contributed by atoms with E-state index in [1.54, 1.807) is 18.5 Å². The second-order valence-corrected chi connectivity index (χ2v) is 10.1. The van der Waals surface area contributed by atoms with Gasteiger partial charge >= 0.3 is 0 Å². The molecule has 0 bridgehead atoms. The summed E-state index contributed by atoms with van der Waals surface area (Å²) in [7, 11) is 0. The van der Waals surface area contributed by atoms with Gasteiger partial charge in [-0.2, -0.15) is 5.10 Å². The number of nitrogens with zero attached hydrogens (tertiary/aromatic N) is 5. The summed E-state index contributed by atoms with van der Waals surface area (Å²) in [6.45, 7) is 9.95. The molecule has 1 fully saturated rings. The quantitative estimate of drug-likeness (QED) is 0.359. The molecule has 0 aliphatic carbocycles. The number of pyridine rings is 1. The third kappa shape index (κ3) is 5.48. The number of anilines is 1. The number of fused-ring (bicyclic) bond motifs is 1. The fraction of sp³-hybridized carbons (Fsp3) is 0.323. The first-order chi connectivity index (χ1) is 18.5. The Bertz CT molecular complexity index is 1410. The van der Waals surface area contributed by atoms with Crippen LogP contribution in [0.15, 0.2) is 78.6 Å². The van der Waals surface area contributed by atoms with Gasteiger partial charge in [0.1, 0.15) is 5.82 Å². The molecule has 0 saturated carbocycles. The summed E-state index contributed by atoms with van der Waals surface area (Å²) < 4.78 is 2.00. The molecular formula is C31H36N6O. The van der Waals surface area contributed by atoms with Crippen molar-refractivity contribution in [2.45, 2.75) is 32.7 Å². The minimum absolute atomic E-state index is 0.102. The van der Waals surface area contributed by atoms with Gasteiger partial charge in [0.25, 0.3) is 0 Å². The maximum absolute atomic E-state index is 13.4. The maximum Gasteiger partial charge on any atom is 0.226 e. The predicted molar refractivity (Wildman–Crippen MR) is 156 cm³/mol. The Balaban J connectivity index is 1.24. The summed E-state index contributed by atoms with van der Waals surface area (Å²) in [5.74, 6) is 0.953. The maximum atomic E-state index is 13.4. The summed E-state index contributed by atoms with van der Waals surface area (Å²) in [4.78, 5) is 21.9. The van der Waals surface area contributed by atoms with Crippen LogP contribution in [0.25, 0.3) is 16.5 Å². The number of hydrogen-bond acceptors (Lipinski definition) is 5. The zero-order valence-electron chi connectivity index (χ0n) is 22.1. The molecule has 2 N–H and O–H groups in total. The van der Waals surface area contributed by atoms with Gasteiger partial charge in [0, 0.05) is 54.6 Å². The summed E-state index contributed by atoms with van der Waals surface area (Å²) in [6.07, 6.45) is 13.9. The number of para-hydroxylation sites is 1. The molecule has 4 heterocycles. The smallest absolute Gasteiger partial charge is 0.226 e. The number of carbonyl (C=O) groups is 1. The monoisotopic (exact) mass is 508 g/mol. The molecule has 1 saturated heterocycles. The number of nitrogen functional groups attached to an aromatic ring is 1. The standard InChI is InChI=1S/C31H36N6O/c1-3-4-7-15-34-37-23(2)30(27-8-5-6-9-28(27)37)25-13-19-36(20-14-25)31(38)26-11-17-35(18-12-26)22-24-10-16-33-29(32)21-24/h3-10,13,15-16,21,26H,1,11-12,14,17-20,22H2,2H3,(H2,32,33)/b7-4-,34-15?. The molecular weight excluding hydrogens is 472 g/mol. The van der Waals surface area contributed by atoms with Crippen molar-refractivity contribution < 1.29 is 4.79 Å². The van der Waals surface area contributed by atoms with Crippen molar-refractivity contribution in [2.24, 2.45) is 11.0 Å². The van der Waals surface area contributed by atoms with Crippen LogP contribution in [0.2, 0.25) is 0 Å². The van der Waals surface area contributed by atoms with Crippen molar-refractivity contribution in [1.82, 2.24) is 19.5 Å². The highest BCUT2D eigenvalue weighted by molar-refractivity contribution is 5.95. The predicted octanol–water partition coefficient (Wildman–Crippen LogP) is 5.03. The number of aromatic nitrogens is 2. The minimum atomic E-state index is 0.102. The number of rotatable bonds is 7. The fourth-order valence-corrected chi connectivity index (χ4v) is 5.68. The number of carbonyl (C=O) groups excluding carboxylic acids is 1. The number of amides is 1. The van der Waals surface area contributed by atoms with Gasteiger partial charge in [-0.1, -0.05) is 43.0 Å². The van der Waals surface area contributed by atoms with E-state index in [0.717, 1.165) is 56.7 Å². The molecule has 0 radical (unpaired) electrons. The molecule has 38 heavy (non-hydrogen) atoms. The van der Waals surface area contributed by atoms with Crippen molar-refractivity contribution in [3.8, 4) is 0 Å². The van der Waals surface area contributed by atoms with E-state index in [0.29, 0.717) is 18.3 Å². The summed E-state index contributed by atoms with van der Waals surface area (Å²) in [5.41, 5.74) is 11.7. The summed E-state index contributed by atoms with van der Waals surface area (Å²) >= 11 is 0. The van der Waals surface area contributed by atoms with Crippen LogP contribution in [0, 0.1) is 12.8 Å². The molecule has 196 valence electrons. The number of likely N-dealkylation sites (tertiary alicyclic amines) is 1. The fourth-order valence-electron chi connectivity index (χ4n) is 5.68. The Hall–Kier alpha value is -3.97. The lowest BCUT2D eigenvalue weighted by molar-refractivity contribution is -0.136. The van der Waals surface area contributed by atoms with E-state index in [1.807, 2.05) is 39.9 Å². The number of piperidine rings is 1. The average Bonchev–Trinajstić information content (AvgIpc) is 3.22. The number of hydrogen-bond donors (Lipinski definition) is 1. The zero-order chi connectivity index (χ0) is 26.5. The Morgan fingerprint density at radius 1 is 1.18 bits per heavy atom. The van der Waals surface area contributed by atoms with E-state index in [2.05, 4.69) is 52.8 Å². The lowest BCUT2D eigenvalue weighted by atomic mass is 9.92. The van der Waals surface area contributed by atoms with Crippen LogP contribution >= 0.6 is 0 Å². The van der Waals surface area contributed by atoms with E-state index >= 15 is 0 Å². The van der Waals surface area contributed by atoms with Gasteiger partial charge in [-0.05, 0) is 74.7 Å². The molecule has 2 aliphatic rings. The van der Waals surface area contributed by atoms with Gasteiger partial charge in [-0.15, -0.1) is 0 Å². The molecule has 7 nitrogen and oxygen atoms in total. The number of benzene rings is 1. The molecule has 2 aliphatic heterocycles. The van der Waals surface area contributed by atoms with Gasteiger partial charge < -0.3 is 10.6 Å². The average molecular weight is 509 g/mol. The first-order valence-corrected chi connectivity index (χ1v) is 13.4. The third-order valence-electron chi connectivity index (χ3n) is 7.63. The SMILES string of the molecule is C=C/C=C\C=Nn1c(C)c(C2=CCN(C(=O)C3CCN(Cc4ccnc(N)c4)CC3)CC2)c2ccccc21. The van der Waals surface area contributed by atoms with Crippen LogP contribution in [0.4, 0.5) is 5.82 Å². The zero-order valence-corrected chi connectivity index (χ0v) is 22.1. The van der Waals surface area contributed by atoms with Crippen molar-refractivity contribution in [1.29, 1.82) is 0 Å². The Kier molecular flexibility index (Phi) is 7.84. The van der Waals surface area contributed by atoms with Crippen LogP contribution in [-0.2, 0) is 11.3 Å². The minimum Gasteiger partial charge on any atom is -0.384 e. The van der Waals surface area contributed by atoms with Crippen molar-refractivity contribution >= 4 is 34.4 Å². The van der Waals surface area contributed by atoms with Crippen LogP contribution < -0.4 is 5.73 Å². The van der Waals surface area contributed by atoms with Crippen molar-refractivity contribution in [2.75, 3.05) is 31.9 Å². The molecule has 7 heteroatoms. The Morgan fingerprint density at radius 3 is 2.74 bits per heavy atom. The van der Waals surface area contributed by atoms with E-state index in [9.17, 15) is 4.79 Å².